The highest BCUT2D eigenvalue weighted by atomic mass is 16.4. The van der Waals surface area contributed by atoms with Gasteiger partial charge < -0.3 is 15.3 Å². The summed E-state index contributed by atoms with van der Waals surface area (Å²) >= 11 is 0. The van der Waals surface area contributed by atoms with Crippen LogP contribution in [0.4, 0.5) is 0 Å². The number of aromatic nitrogens is 1. The average molecular weight is 370 g/mol. The van der Waals surface area contributed by atoms with E-state index in [1.54, 1.807) is 6.20 Å². The van der Waals surface area contributed by atoms with Crippen molar-refractivity contribution in [3.05, 3.63) is 54.2 Å². The second-order valence-corrected chi connectivity index (χ2v) is 7.89. The SMILES string of the molecule is NC(=O)CC(CC(O)(CCc1ccccc1)c1ncco1)C1CCCCC1. The molecule has 3 rings (SSSR count). The molecule has 0 spiro atoms. The van der Waals surface area contributed by atoms with Gasteiger partial charge in [0, 0.05) is 6.42 Å². The number of nitrogens with zero attached hydrogens (tertiary/aromatic N) is 1. The highest BCUT2D eigenvalue weighted by Gasteiger charge is 2.39. The van der Waals surface area contributed by atoms with Gasteiger partial charge in [-0.05, 0) is 36.7 Å². The molecule has 1 fully saturated rings. The number of aliphatic hydroxyl groups is 1. The maximum atomic E-state index is 11.7. The molecule has 146 valence electrons. The number of primary amides is 1. The summed E-state index contributed by atoms with van der Waals surface area (Å²) in [4.78, 5) is 16.0. The molecule has 3 N–H and O–H groups in total. The summed E-state index contributed by atoms with van der Waals surface area (Å²) in [5.41, 5.74) is 5.50. The highest BCUT2D eigenvalue weighted by molar-refractivity contribution is 5.74. The summed E-state index contributed by atoms with van der Waals surface area (Å²) in [7, 11) is 0. The molecule has 1 aromatic carbocycles. The van der Waals surface area contributed by atoms with E-state index in [2.05, 4.69) is 17.1 Å². The Morgan fingerprint density at radius 3 is 2.63 bits per heavy atom. The van der Waals surface area contributed by atoms with Gasteiger partial charge in [-0.3, -0.25) is 4.79 Å². The Bertz CT molecular complexity index is 696. The fraction of sp³-hybridized carbons (Fsp3) is 0.545. The van der Waals surface area contributed by atoms with Crippen molar-refractivity contribution in [3.8, 4) is 0 Å². The molecule has 1 heterocycles. The summed E-state index contributed by atoms with van der Waals surface area (Å²) in [5, 5.41) is 11.5. The molecule has 2 aromatic rings. The average Bonchev–Trinajstić information content (AvgIpc) is 3.23. The Kier molecular flexibility index (Phi) is 6.67. The van der Waals surface area contributed by atoms with Crippen molar-refractivity contribution in [1.82, 2.24) is 4.98 Å². The van der Waals surface area contributed by atoms with Crippen molar-refractivity contribution in [1.29, 1.82) is 0 Å². The molecule has 0 aliphatic heterocycles. The topological polar surface area (TPSA) is 89.4 Å². The molecule has 1 aromatic heterocycles. The molecule has 27 heavy (non-hydrogen) atoms. The van der Waals surface area contributed by atoms with Crippen molar-refractivity contribution < 1.29 is 14.3 Å². The van der Waals surface area contributed by atoms with Crippen LogP contribution in [0, 0.1) is 11.8 Å². The lowest BCUT2D eigenvalue weighted by molar-refractivity contribution is -0.120. The molecule has 5 heteroatoms. The highest BCUT2D eigenvalue weighted by Crippen LogP contribution is 2.40. The molecule has 0 radical (unpaired) electrons. The van der Waals surface area contributed by atoms with E-state index < -0.39 is 5.60 Å². The predicted octanol–water partition coefficient (Wildman–Crippen LogP) is 3.96. The number of oxazole rings is 1. The second kappa shape index (κ2) is 9.18. The van der Waals surface area contributed by atoms with Gasteiger partial charge in [0.05, 0.1) is 6.20 Å². The third kappa shape index (κ3) is 5.42. The molecule has 5 nitrogen and oxygen atoms in total. The quantitative estimate of drug-likeness (QED) is 0.699. The van der Waals surface area contributed by atoms with Crippen LogP contribution in [-0.2, 0) is 16.8 Å². The summed E-state index contributed by atoms with van der Waals surface area (Å²) in [6.45, 7) is 0. The van der Waals surface area contributed by atoms with Crippen LogP contribution in [0.5, 0.6) is 0 Å². The lowest BCUT2D eigenvalue weighted by Gasteiger charge is -2.35. The van der Waals surface area contributed by atoms with Gasteiger partial charge >= 0.3 is 0 Å². The lowest BCUT2D eigenvalue weighted by atomic mass is 9.72. The molecular formula is C22H30N2O3. The summed E-state index contributed by atoms with van der Waals surface area (Å²) in [6, 6.07) is 10.1. The van der Waals surface area contributed by atoms with Gasteiger partial charge in [-0.1, -0.05) is 62.4 Å². The third-order valence-corrected chi connectivity index (χ3v) is 5.88. The Labute approximate surface area is 161 Å². The van der Waals surface area contributed by atoms with Crippen molar-refractivity contribution >= 4 is 5.91 Å². The van der Waals surface area contributed by atoms with E-state index in [1.165, 1.54) is 25.5 Å². The zero-order chi connectivity index (χ0) is 19.1. The Balaban J connectivity index is 1.78. The molecule has 1 saturated carbocycles. The number of benzene rings is 1. The van der Waals surface area contributed by atoms with Gasteiger partial charge in [0.2, 0.25) is 11.8 Å². The van der Waals surface area contributed by atoms with Crippen molar-refractivity contribution in [2.24, 2.45) is 17.6 Å². The van der Waals surface area contributed by atoms with Crippen molar-refractivity contribution in [2.45, 2.75) is 63.4 Å². The smallest absolute Gasteiger partial charge is 0.226 e. The molecule has 1 amide bonds. The van der Waals surface area contributed by atoms with E-state index in [0.29, 0.717) is 37.5 Å². The van der Waals surface area contributed by atoms with Crippen LogP contribution in [0.25, 0.3) is 0 Å². The fourth-order valence-electron chi connectivity index (χ4n) is 4.45. The van der Waals surface area contributed by atoms with Crippen LogP contribution in [-0.4, -0.2) is 16.0 Å². The summed E-state index contributed by atoms with van der Waals surface area (Å²) in [5.74, 6) is 0.507. The van der Waals surface area contributed by atoms with Gasteiger partial charge in [0.25, 0.3) is 0 Å². The maximum absolute atomic E-state index is 11.7. The van der Waals surface area contributed by atoms with E-state index in [4.69, 9.17) is 10.2 Å². The normalized spacial score (nSPS) is 18.7. The standard InChI is InChI=1S/C22H30N2O3/c23-20(25)15-19(18-9-5-2-6-10-18)16-22(26,21-24-13-14-27-21)12-11-17-7-3-1-4-8-17/h1,3-4,7-8,13-14,18-19,26H,2,5-6,9-12,15-16H2,(H2,23,25). The first-order valence-electron chi connectivity index (χ1n) is 10.0. The van der Waals surface area contributed by atoms with Gasteiger partial charge in [0.15, 0.2) is 0 Å². The Morgan fingerprint density at radius 1 is 1.26 bits per heavy atom. The van der Waals surface area contributed by atoms with Gasteiger partial charge in [-0.2, -0.15) is 0 Å². The first-order chi connectivity index (χ1) is 13.1. The number of carbonyl (C=O) groups is 1. The molecule has 2 atom stereocenters. The number of carbonyl (C=O) groups excluding carboxylic acids is 1. The molecule has 1 aliphatic rings. The minimum Gasteiger partial charge on any atom is -0.446 e. The Morgan fingerprint density at radius 2 is 2.00 bits per heavy atom. The molecule has 0 saturated heterocycles. The van der Waals surface area contributed by atoms with Crippen LogP contribution in [0.2, 0.25) is 0 Å². The lowest BCUT2D eigenvalue weighted by Crippen LogP contribution is -2.35. The second-order valence-electron chi connectivity index (χ2n) is 7.89. The number of rotatable bonds is 9. The van der Waals surface area contributed by atoms with Crippen molar-refractivity contribution in [2.75, 3.05) is 0 Å². The molecular weight excluding hydrogens is 340 g/mol. The summed E-state index contributed by atoms with van der Waals surface area (Å²) < 4.78 is 5.50. The van der Waals surface area contributed by atoms with Crippen LogP contribution in [0.1, 0.15) is 62.8 Å². The molecule has 0 bridgehead atoms. The van der Waals surface area contributed by atoms with Gasteiger partial charge in [-0.15, -0.1) is 0 Å². The zero-order valence-corrected chi connectivity index (χ0v) is 15.8. The van der Waals surface area contributed by atoms with E-state index in [0.717, 1.165) is 18.4 Å². The van der Waals surface area contributed by atoms with Crippen molar-refractivity contribution in [3.63, 3.8) is 0 Å². The third-order valence-electron chi connectivity index (χ3n) is 5.88. The summed E-state index contributed by atoms with van der Waals surface area (Å²) in [6.07, 6.45) is 10.8. The van der Waals surface area contributed by atoms with Gasteiger partial charge in [0.1, 0.15) is 11.9 Å². The number of amides is 1. The minimum absolute atomic E-state index is 0.0514. The minimum atomic E-state index is -1.20. The van der Waals surface area contributed by atoms with Crippen LogP contribution in [0.15, 0.2) is 47.2 Å². The Hall–Kier alpha value is -2.14. The number of aryl methyl sites for hydroxylation is 1. The number of hydrogen-bond donors (Lipinski definition) is 2. The van der Waals surface area contributed by atoms with Gasteiger partial charge in [-0.25, -0.2) is 4.98 Å². The largest absolute Gasteiger partial charge is 0.446 e. The van der Waals surface area contributed by atoms with Crippen LogP contribution >= 0.6 is 0 Å². The van der Waals surface area contributed by atoms with E-state index in [-0.39, 0.29) is 11.8 Å². The van der Waals surface area contributed by atoms with E-state index >= 15 is 0 Å². The van der Waals surface area contributed by atoms with Crippen LogP contribution in [0.3, 0.4) is 0 Å². The van der Waals surface area contributed by atoms with E-state index in [1.807, 2.05) is 18.2 Å². The zero-order valence-electron chi connectivity index (χ0n) is 15.8. The monoisotopic (exact) mass is 370 g/mol. The predicted molar refractivity (Wildman–Crippen MR) is 104 cm³/mol. The van der Waals surface area contributed by atoms with E-state index in [9.17, 15) is 9.90 Å². The maximum Gasteiger partial charge on any atom is 0.226 e. The van der Waals surface area contributed by atoms with Crippen LogP contribution < -0.4 is 5.73 Å². The fourth-order valence-corrected chi connectivity index (χ4v) is 4.45. The first-order valence-corrected chi connectivity index (χ1v) is 10.0. The molecule has 1 aliphatic carbocycles. The first kappa shape index (κ1) is 19.6. The number of nitrogens with two attached hydrogens (primary N) is 1. The number of hydrogen-bond acceptors (Lipinski definition) is 4. The molecule has 2 unspecified atom stereocenters.